The predicted molar refractivity (Wildman–Crippen MR) is 87.4 cm³/mol. The third-order valence-corrected chi connectivity index (χ3v) is 4.53. The number of rotatable bonds is 3. The van der Waals surface area contributed by atoms with Crippen LogP contribution in [0.2, 0.25) is 0 Å². The van der Waals surface area contributed by atoms with Gasteiger partial charge < -0.3 is 9.52 Å². The first-order valence-corrected chi connectivity index (χ1v) is 8.19. The molecule has 0 amide bonds. The molecule has 0 aromatic carbocycles. The average molecular weight is 377 g/mol. The lowest BCUT2D eigenvalue weighted by molar-refractivity contribution is -0.141. The fourth-order valence-corrected chi connectivity index (χ4v) is 3.34. The number of carbonyl (C=O) groups is 1. The van der Waals surface area contributed by atoms with Gasteiger partial charge in [-0.1, -0.05) is 6.07 Å². The summed E-state index contributed by atoms with van der Waals surface area (Å²) in [6.45, 7) is 1.74. The van der Waals surface area contributed by atoms with E-state index in [4.69, 9.17) is 4.42 Å². The summed E-state index contributed by atoms with van der Waals surface area (Å²) < 4.78 is 45.5. The molecular formula is C18H14F3N3O3. The number of carboxylic acids is 1. The van der Waals surface area contributed by atoms with Crippen molar-refractivity contribution in [2.45, 2.75) is 32.5 Å². The van der Waals surface area contributed by atoms with Crippen LogP contribution in [0.5, 0.6) is 0 Å². The van der Waals surface area contributed by atoms with Gasteiger partial charge in [0.2, 0.25) is 5.76 Å². The fourth-order valence-electron chi connectivity index (χ4n) is 3.34. The molecule has 0 unspecified atom stereocenters. The minimum absolute atomic E-state index is 0.0783. The average Bonchev–Trinajstić information content (AvgIpc) is 3.14. The van der Waals surface area contributed by atoms with Gasteiger partial charge in [-0.05, 0) is 31.0 Å². The number of pyridine rings is 1. The summed E-state index contributed by atoms with van der Waals surface area (Å²) in [5.41, 5.74) is 1.95. The second kappa shape index (κ2) is 5.97. The quantitative estimate of drug-likeness (QED) is 0.753. The van der Waals surface area contributed by atoms with E-state index in [0.29, 0.717) is 35.4 Å². The van der Waals surface area contributed by atoms with Gasteiger partial charge in [0, 0.05) is 23.7 Å². The topological polar surface area (TPSA) is 81.1 Å². The van der Waals surface area contributed by atoms with Gasteiger partial charge in [0.25, 0.3) is 0 Å². The highest BCUT2D eigenvalue weighted by Gasteiger charge is 2.33. The molecule has 0 fully saturated rings. The molecule has 3 heterocycles. The lowest BCUT2D eigenvalue weighted by atomic mass is 9.94. The van der Waals surface area contributed by atoms with Crippen molar-refractivity contribution >= 4 is 5.97 Å². The number of aryl methyl sites for hydroxylation is 2. The van der Waals surface area contributed by atoms with Crippen molar-refractivity contribution in [2.75, 3.05) is 0 Å². The Kier molecular flexibility index (Phi) is 3.83. The number of carboxylic acid groups (broad SMARTS) is 1. The second-order valence-electron chi connectivity index (χ2n) is 6.37. The van der Waals surface area contributed by atoms with Gasteiger partial charge in [-0.25, -0.2) is 9.78 Å². The van der Waals surface area contributed by atoms with Crippen molar-refractivity contribution < 1.29 is 27.5 Å². The molecule has 6 nitrogen and oxygen atoms in total. The van der Waals surface area contributed by atoms with E-state index in [1.165, 1.54) is 16.8 Å². The minimum Gasteiger partial charge on any atom is -0.475 e. The number of alkyl halides is 3. The maximum absolute atomic E-state index is 12.8. The van der Waals surface area contributed by atoms with Gasteiger partial charge in [-0.3, -0.25) is 4.68 Å². The lowest BCUT2D eigenvalue weighted by Gasteiger charge is -2.09. The van der Waals surface area contributed by atoms with Crippen LogP contribution in [0.15, 0.2) is 28.8 Å². The monoisotopic (exact) mass is 377 g/mol. The molecule has 4 rings (SSSR count). The summed E-state index contributed by atoms with van der Waals surface area (Å²) in [5, 5.41) is 13.7. The lowest BCUT2D eigenvalue weighted by Crippen LogP contribution is -2.11. The van der Waals surface area contributed by atoms with E-state index < -0.39 is 17.8 Å². The van der Waals surface area contributed by atoms with Crippen molar-refractivity contribution in [3.63, 3.8) is 0 Å². The van der Waals surface area contributed by atoms with Gasteiger partial charge in [0.05, 0.1) is 17.9 Å². The van der Waals surface area contributed by atoms with Crippen LogP contribution in [-0.4, -0.2) is 25.8 Å². The first-order valence-electron chi connectivity index (χ1n) is 8.19. The van der Waals surface area contributed by atoms with Crippen molar-refractivity contribution in [1.29, 1.82) is 0 Å². The van der Waals surface area contributed by atoms with E-state index in [9.17, 15) is 23.1 Å². The molecule has 27 heavy (non-hydrogen) atoms. The number of halogens is 3. The first kappa shape index (κ1) is 17.3. The highest BCUT2D eigenvalue weighted by molar-refractivity contribution is 5.90. The molecule has 140 valence electrons. The van der Waals surface area contributed by atoms with Crippen LogP contribution >= 0.6 is 0 Å². The molecule has 0 aliphatic heterocycles. The van der Waals surface area contributed by atoms with E-state index in [0.717, 1.165) is 11.6 Å². The van der Waals surface area contributed by atoms with E-state index in [-0.39, 0.29) is 18.0 Å². The van der Waals surface area contributed by atoms with Crippen molar-refractivity contribution in [3.05, 3.63) is 58.4 Å². The van der Waals surface area contributed by atoms with Gasteiger partial charge >= 0.3 is 12.1 Å². The van der Waals surface area contributed by atoms with Crippen LogP contribution in [0.4, 0.5) is 13.2 Å². The maximum atomic E-state index is 12.8. The molecule has 0 spiro atoms. The number of furan rings is 1. The fraction of sp³-hybridized carbons (Fsp3) is 0.278. The number of nitrogens with zero attached hydrogens (tertiary/aromatic N) is 3. The Bertz CT molecular complexity index is 1050. The van der Waals surface area contributed by atoms with E-state index >= 15 is 0 Å². The van der Waals surface area contributed by atoms with Gasteiger partial charge in [-0.2, -0.15) is 18.3 Å². The maximum Gasteiger partial charge on any atom is 0.433 e. The third kappa shape index (κ3) is 2.98. The third-order valence-electron chi connectivity index (χ3n) is 4.53. The summed E-state index contributed by atoms with van der Waals surface area (Å²) in [7, 11) is 0. The molecule has 0 radical (unpaired) electrons. The molecule has 0 atom stereocenters. The van der Waals surface area contributed by atoms with Crippen LogP contribution in [0.3, 0.4) is 0 Å². The Labute approximate surface area is 151 Å². The molecule has 3 aromatic rings. The highest BCUT2D eigenvalue weighted by Crippen LogP contribution is 2.38. The summed E-state index contributed by atoms with van der Waals surface area (Å²) in [4.78, 5) is 14.9. The molecular weight excluding hydrogens is 363 g/mol. The summed E-state index contributed by atoms with van der Waals surface area (Å²) in [5.74, 6) is -0.683. The number of aromatic nitrogens is 3. The minimum atomic E-state index is -4.50. The van der Waals surface area contributed by atoms with Crippen LogP contribution in [0.25, 0.3) is 11.3 Å². The van der Waals surface area contributed by atoms with Crippen molar-refractivity contribution in [1.82, 2.24) is 14.8 Å². The highest BCUT2D eigenvalue weighted by atomic mass is 19.4. The number of hydrogen-bond donors (Lipinski definition) is 1. The molecule has 3 aromatic heterocycles. The smallest absolute Gasteiger partial charge is 0.433 e. The van der Waals surface area contributed by atoms with Crippen LogP contribution < -0.4 is 0 Å². The van der Waals surface area contributed by atoms with Crippen LogP contribution in [0.1, 0.15) is 38.8 Å². The molecule has 0 bridgehead atoms. The largest absolute Gasteiger partial charge is 0.475 e. The summed E-state index contributed by atoms with van der Waals surface area (Å²) in [6.07, 6.45) is -1.59. The van der Waals surface area contributed by atoms with E-state index in [1.807, 2.05) is 0 Å². The molecule has 0 saturated carbocycles. The Hall–Kier alpha value is -3.10. The SMILES string of the molecule is Cc1c(C(=O)O)oc2c1-c1nn(Cc3cccc(C(F)(F)F)n3)cc1CC2. The van der Waals surface area contributed by atoms with E-state index in [1.54, 1.807) is 13.1 Å². The zero-order chi connectivity index (χ0) is 19.3. The molecule has 0 saturated heterocycles. The zero-order valence-corrected chi connectivity index (χ0v) is 14.2. The normalized spacial score (nSPS) is 13.3. The Balaban J connectivity index is 1.69. The summed E-state index contributed by atoms with van der Waals surface area (Å²) >= 11 is 0. The van der Waals surface area contributed by atoms with E-state index in [2.05, 4.69) is 10.1 Å². The standard InChI is InChI=1S/C18H14F3N3O3/c1-9-14-12(27-16(9)17(25)26)6-5-10-7-24(23-15(10)14)8-11-3-2-4-13(22-11)18(19,20)21/h2-4,7H,5-6,8H2,1H3,(H,25,26). The molecule has 9 heteroatoms. The number of hydrogen-bond acceptors (Lipinski definition) is 4. The van der Waals surface area contributed by atoms with Crippen molar-refractivity contribution in [2.24, 2.45) is 0 Å². The van der Waals surface area contributed by atoms with Gasteiger partial charge in [0.15, 0.2) is 0 Å². The Morgan fingerprint density at radius 1 is 1.33 bits per heavy atom. The van der Waals surface area contributed by atoms with Crippen LogP contribution in [-0.2, 0) is 25.6 Å². The zero-order valence-electron chi connectivity index (χ0n) is 14.2. The Morgan fingerprint density at radius 2 is 2.11 bits per heavy atom. The van der Waals surface area contributed by atoms with Gasteiger partial charge in [-0.15, -0.1) is 0 Å². The van der Waals surface area contributed by atoms with Gasteiger partial charge in [0.1, 0.15) is 11.5 Å². The number of fused-ring (bicyclic) bond motifs is 3. The Morgan fingerprint density at radius 3 is 2.81 bits per heavy atom. The van der Waals surface area contributed by atoms with Crippen molar-refractivity contribution in [3.8, 4) is 11.3 Å². The predicted octanol–water partition coefficient (Wildman–Crippen LogP) is 3.71. The number of aromatic carboxylic acids is 1. The first-order chi connectivity index (χ1) is 12.7. The van der Waals surface area contributed by atoms with Crippen LogP contribution in [0, 0.1) is 6.92 Å². The molecule has 1 aliphatic carbocycles. The molecule has 1 aliphatic rings. The molecule has 1 N–H and O–H groups in total. The second-order valence-corrected chi connectivity index (χ2v) is 6.37. The summed E-state index contributed by atoms with van der Waals surface area (Å²) in [6, 6.07) is 3.74.